The van der Waals surface area contributed by atoms with Crippen LogP contribution in [-0.4, -0.2) is 81.1 Å². The first kappa shape index (κ1) is 42.1. The number of rotatable bonds is 17. The fourth-order valence-electron chi connectivity index (χ4n) is 5.39. The third-order valence-electron chi connectivity index (χ3n) is 8.41. The van der Waals surface area contributed by atoms with Crippen LogP contribution in [0.5, 0.6) is 11.5 Å². The Morgan fingerprint density at radius 1 is 0.460 bits per heavy atom. The summed E-state index contributed by atoms with van der Waals surface area (Å²) in [6.07, 6.45) is 1.73. The molecule has 0 aliphatic rings. The Morgan fingerprint density at radius 2 is 0.794 bits per heavy atom. The number of aromatic nitrogens is 6. The van der Waals surface area contributed by atoms with Gasteiger partial charge in [0.25, 0.3) is 17.7 Å². The molecule has 3 aromatic heterocycles. The van der Waals surface area contributed by atoms with Crippen molar-refractivity contribution in [1.29, 1.82) is 0 Å². The summed E-state index contributed by atoms with van der Waals surface area (Å²) in [6, 6.07) is 25.1. The zero-order valence-electron chi connectivity index (χ0n) is 32.8. The average molecular weight is 853 g/mol. The largest absolute Gasteiger partial charge is 0.513 e. The van der Waals surface area contributed by atoms with Crippen molar-refractivity contribution >= 4 is 30.3 Å². The molecule has 0 atom stereocenters. The van der Waals surface area contributed by atoms with Crippen LogP contribution in [0, 0.1) is 0 Å². The van der Waals surface area contributed by atoms with Crippen LogP contribution in [0.2, 0.25) is 0 Å². The van der Waals surface area contributed by atoms with Gasteiger partial charge in [-0.25, -0.2) is 19.2 Å². The van der Waals surface area contributed by atoms with Crippen molar-refractivity contribution < 1.29 is 61.2 Å². The molecule has 7 aromatic rings. The molecule has 0 radical (unpaired) electrons. The molecule has 0 spiro atoms. The van der Waals surface area contributed by atoms with E-state index in [1.54, 1.807) is 48.5 Å². The van der Waals surface area contributed by atoms with E-state index in [-0.39, 0.29) is 67.2 Å². The summed E-state index contributed by atoms with van der Waals surface area (Å²) in [5, 5.41) is 12.5. The molecule has 0 saturated carbocycles. The lowest BCUT2D eigenvalue weighted by atomic mass is 10.0. The molecule has 19 nitrogen and oxygen atoms in total. The highest BCUT2D eigenvalue weighted by Crippen LogP contribution is 2.34. The second-order valence-electron chi connectivity index (χ2n) is 12.6. The summed E-state index contributed by atoms with van der Waals surface area (Å²) in [6.45, 7) is 9.64. The molecule has 0 aliphatic heterocycles. The molecule has 0 aliphatic carbocycles. The lowest BCUT2D eigenvalue weighted by Crippen LogP contribution is -2.15. The third-order valence-corrected chi connectivity index (χ3v) is 8.41. The lowest BCUT2D eigenvalue weighted by Gasteiger charge is -2.06. The maximum Gasteiger partial charge on any atom is 0.513 e. The second kappa shape index (κ2) is 19.8. The highest BCUT2D eigenvalue weighted by molar-refractivity contribution is 5.81. The predicted octanol–water partition coefficient (Wildman–Crippen LogP) is 7.97. The zero-order chi connectivity index (χ0) is 44.1. The molecule has 0 fully saturated rings. The van der Waals surface area contributed by atoms with Gasteiger partial charge in [0.05, 0.1) is 0 Å². The Bertz CT molecular complexity index is 2630. The normalized spacial score (nSPS) is 10.6. The van der Waals surface area contributed by atoms with E-state index in [1.807, 2.05) is 24.3 Å². The van der Waals surface area contributed by atoms with Gasteiger partial charge in [-0.3, -0.25) is 0 Å². The molecule has 7 rings (SSSR count). The van der Waals surface area contributed by atoms with E-state index in [0.29, 0.717) is 33.6 Å². The first-order valence-corrected chi connectivity index (χ1v) is 18.6. The number of carbonyl (C=O) groups is 4. The van der Waals surface area contributed by atoms with E-state index in [2.05, 4.69) is 50.2 Å². The number of ether oxygens (including phenoxy) is 6. The Morgan fingerprint density at radius 3 is 1.13 bits per heavy atom. The van der Waals surface area contributed by atoms with Gasteiger partial charge in [-0.15, -0.1) is 0 Å². The van der Waals surface area contributed by atoms with Crippen LogP contribution in [0.25, 0.3) is 74.6 Å². The van der Waals surface area contributed by atoms with Crippen molar-refractivity contribution in [1.82, 2.24) is 30.4 Å². The summed E-state index contributed by atoms with van der Waals surface area (Å²) in [7, 11) is 0. The molecular formula is C44H32N6O13. The van der Waals surface area contributed by atoms with Crippen molar-refractivity contribution in [2.45, 2.75) is 0 Å². The lowest BCUT2D eigenvalue weighted by molar-refractivity contribution is -0.139. The third kappa shape index (κ3) is 11.0. The van der Waals surface area contributed by atoms with Gasteiger partial charge >= 0.3 is 24.2 Å². The Kier molecular flexibility index (Phi) is 13.3. The van der Waals surface area contributed by atoms with Crippen LogP contribution in [-0.2, 0) is 28.5 Å². The van der Waals surface area contributed by atoms with Gasteiger partial charge in [-0.1, -0.05) is 65.5 Å². The van der Waals surface area contributed by atoms with E-state index in [4.69, 9.17) is 42.0 Å². The fourth-order valence-corrected chi connectivity index (χ4v) is 5.39. The first-order valence-electron chi connectivity index (χ1n) is 18.6. The van der Waals surface area contributed by atoms with Crippen LogP contribution in [0.3, 0.4) is 0 Å². The number of nitrogens with zero attached hydrogens (tertiary/aromatic N) is 6. The molecule has 0 unspecified atom stereocenters. The Balaban J connectivity index is 1.10. The molecular weight excluding hydrogens is 821 g/mol. The topological polar surface area (TPSA) is 240 Å². The van der Waals surface area contributed by atoms with Crippen molar-refractivity contribution in [3.05, 3.63) is 128 Å². The minimum Gasteiger partial charge on any atom is -0.459 e. The van der Waals surface area contributed by atoms with Crippen molar-refractivity contribution in [2.75, 3.05) is 26.4 Å². The molecule has 3 heterocycles. The molecule has 0 N–H and O–H groups in total. The predicted molar refractivity (Wildman–Crippen MR) is 219 cm³/mol. The smallest absolute Gasteiger partial charge is 0.459 e. The quantitative estimate of drug-likeness (QED) is 0.0277. The highest BCUT2D eigenvalue weighted by Gasteiger charge is 2.21. The van der Waals surface area contributed by atoms with Crippen molar-refractivity contribution in [3.63, 3.8) is 0 Å². The SMILES string of the molecule is C=CC(=O)OCCOC(=O)Oc1ccc(-c2noc(-c3cc(-c4nc(-c5ccc(C=C)cc5)no4)cc(-c4nc(-c5ccc(OC(=O)OCCOC(=O)C=C)cc5)no4)c3)n2)cc1. The maximum absolute atomic E-state index is 12.1. The monoisotopic (exact) mass is 852 g/mol. The molecule has 63 heavy (non-hydrogen) atoms. The van der Waals surface area contributed by atoms with E-state index < -0.39 is 24.2 Å². The van der Waals surface area contributed by atoms with Gasteiger partial charge in [0.15, 0.2) is 0 Å². The minimum atomic E-state index is -0.992. The molecule has 0 bridgehead atoms. The van der Waals surface area contributed by atoms with E-state index in [1.165, 1.54) is 24.3 Å². The summed E-state index contributed by atoms with van der Waals surface area (Å²) in [5.74, 6) is 0.227. The Hall–Kier alpha value is -9.00. The number of hydrogen-bond donors (Lipinski definition) is 0. The first-order chi connectivity index (χ1) is 30.7. The number of benzene rings is 4. The molecule has 4 aromatic carbocycles. The zero-order valence-corrected chi connectivity index (χ0v) is 32.8. The standard InChI is InChI=1S/C44H32N6O13/c1-4-26-7-9-27(10-8-26)37-45-40(61-48-37)30-23-31(41-46-38(49-62-41)28-11-15-33(16-12-28)59-43(53)57-21-19-55-35(51)5-2)25-32(24-30)42-47-39(50-63-42)29-13-17-34(18-14-29)60-44(54)58-22-20-56-36(52)6-3/h4-18,23-25H,1-3,19-22H2. The van der Waals surface area contributed by atoms with Gasteiger partial charge < -0.3 is 42.0 Å². The summed E-state index contributed by atoms with van der Waals surface area (Å²) < 4.78 is 46.8. The van der Waals surface area contributed by atoms with E-state index >= 15 is 0 Å². The van der Waals surface area contributed by atoms with Gasteiger partial charge in [-0.05, 0) is 72.3 Å². The number of carbonyl (C=O) groups excluding carboxylic acids is 4. The summed E-state index contributed by atoms with van der Waals surface area (Å²) in [4.78, 5) is 60.2. The number of esters is 2. The maximum atomic E-state index is 12.1. The highest BCUT2D eigenvalue weighted by atomic mass is 16.7. The van der Waals surface area contributed by atoms with E-state index in [0.717, 1.165) is 23.3 Å². The van der Waals surface area contributed by atoms with Gasteiger partial charge in [0, 0.05) is 45.5 Å². The van der Waals surface area contributed by atoms with E-state index in [9.17, 15) is 19.2 Å². The van der Waals surface area contributed by atoms with Gasteiger partial charge in [0.1, 0.15) is 37.9 Å². The molecule has 19 heteroatoms. The summed E-state index contributed by atoms with van der Waals surface area (Å²) >= 11 is 0. The van der Waals surface area contributed by atoms with Crippen LogP contribution in [0.1, 0.15) is 5.56 Å². The van der Waals surface area contributed by atoms with Crippen LogP contribution in [0.15, 0.2) is 136 Å². The van der Waals surface area contributed by atoms with Crippen LogP contribution < -0.4 is 9.47 Å². The van der Waals surface area contributed by atoms with Crippen molar-refractivity contribution in [2.24, 2.45) is 0 Å². The van der Waals surface area contributed by atoms with Gasteiger partial charge in [0.2, 0.25) is 17.5 Å². The molecule has 0 saturated heterocycles. The average Bonchev–Trinajstić information content (AvgIpc) is 4.12. The van der Waals surface area contributed by atoms with Crippen molar-refractivity contribution in [3.8, 4) is 80.0 Å². The Labute approximate surface area is 356 Å². The van der Waals surface area contributed by atoms with Crippen LogP contribution in [0.4, 0.5) is 9.59 Å². The summed E-state index contributed by atoms with van der Waals surface area (Å²) in [5.41, 5.74) is 4.04. The fraction of sp³-hybridized carbons (Fsp3) is 0.0909. The number of hydrogen-bond acceptors (Lipinski definition) is 19. The minimum absolute atomic E-state index is 0.112. The molecule has 0 amide bonds. The second-order valence-corrected chi connectivity index (χ2v) is 12.6. The molecule has 316 valence electrons. The van der Waals surface area contributed by atoms with Gasteiger partial charge in [-0.2, -0.15) is 15.0 Å². The van der Waals surface area contributed by atoms with Crippen LogP contribution >= 0.6 is 0 Å².